The van der Waals surface area contributed by atoms with E-state index < -0.39 is 11.2 Å². The van der Waals surface area contributed by atoms with Gasteiger partial charge in [-0.15, -0.1) is 6.58 Å². The fourth-order valence-corrected chi connectivity index (χ4v) is 3.45. The van der Waals surface area contributed by atoms with Gasteiger partial charge in [0, 0.05) is 13.1 Å². The molecule has 0 spiro atoms. The van der Waals surface area contributed by atoms with Crippen molar-refractivity contribution < 1.29 is 4.39 Å². The topological polar surface area (TPSA) is 61.8 Å². The molecule has 0 aliphatic heterocycles. The van der Waals surface area contributed by atoms with E-state index in [1.165, 1.54) is 29.1 Å². The Morgan fingerprint density at radius 3 is 2.66 bits per heavy atom. The number of halogens is 1. The molecular formula is C22H19FN4O2. The molecule has 2 aromatic heterocycles. The Morgan fingerprint density at radius 2 is 1.93 bits per heavy atom. The lowest BCUT2D eigenvalue weighted by Crippen LogP contribution is -2.40. The third-order valence-corrected chi connectivity index (χ3v) is 4.81. The Morgan fingerprint density at radius 1 is 1.14 bits per heavy atom. The normalized spacial score (nSPS) is 11.1. The number of allylic oxidation sites excluding steroid dienone is 1. The van der Waals surface area contributed by atoms with Crippen LogP contribution in [0.5, 0.6) is 0 Å². The van der Waals surface area contributed by atoms with Crippen molar-refractivity contribution in [3.63, 3.8) is 0 Å². The first-order valence-corrected chi connectivity index (χ1v) is 9.13. The number of para-hydroxylation sites is 1. The molecule has 7 heteroatoms. The molecule has 0 unspecified atom stereocenters. The Kier molecular flexibility index (Phi) is 4.72. The molecule has 0 N–H and O–H groups in total. The second kappa shape index (κ2) is 7.35. The van der Waals surface area contributed by atoms with Crippen LogP contribution in [0.15, 0.2) is 77.1 Å². The van der Waals surface area contributed by atoms with Crippen LogP contribution in [0.2, 0.25) is 0 Å². The minimum absolute atomic E-state index is 0.0740. The minimum atomic E-state index is -0.479. The smallest absolute Gasteiger partial charge is 0.320 e. The number of hydrogen-bond acceptors (Lipinski definition) is 3. The average Bonchev–Trinajstić information content (AvgIpc) is 3.10. The number of rotatable bonds is 5. The highest BCUT2D eigenvalue weighted by atomic mass is 19.1. The Balaban J connectivity index is 2.03. The Labute approximate surface area is 165 Å². The van der Waals surface area contributed by atoms with Gasteiger partial charge in [0.05, 0.1) is 12.0 Å². The maximum Gasteiger partial charge on any atom is 0.337 e. The lowest BCUT2D eigenvalue weighted by Gasteiger charge is -2.13. The summed E-state index contributed by atoms with van der Waals surface area (Å²) in [4.78, 5) is 30.6. The summed E-state index contributed by atoms with van der Waals surface area (Å²) in [6, 6.07) is 13.6. The molecule has 0 aliphatic carbocycles. The van der Waals surface area contributed by atoms with Crippen molar-refractivity contribution in [2.45, 2.75) is 20.0 Å². The van der Waals surface area contributed by atoms with Gasteiger partial charge in [0.2, 0.25) is 0 Å². The van der Waals surface area contributed by atoms with Gasteiger partial charge >= 0.3 is 5.69 Å². The Hall–Kier alpha value is -3.74. The highest BCUT2D eigenvalue weighted by Gasteiger charge is 2.19. The van der Waals surface area contributed by atoms with Crippen molar-refractivity contribution in [3.05, 3.63) is 105 Å². The van der Waals surface area contributed by atoms with Crippen molar-refractivity contribution >= 4 is 11.2 Å². The quantitative estimate of drug-likeness (QED) is 0.492. The van der Waals surface area contributed by atoms with Crippen molar-refractivity contribution in [3.8, 4) is 5.69 Å². The number of imidazole rings is 1. The van der Waals surface area contributed by atoms with Crippen LogP contribution < -0.4 is 11.2 Å². The number of benzene rings is 2. The maximum absolute atomic E-state index is 13.6. The molecule has 0 fully saturated rings. The number of hydrogen-bond donors (Lipinski definition) is 0. The molecule has 146 valence electrons. The fourth-order valence-electron chi connectivity index (χ4n) is 3.45. The lowest BCUT2D eigenvalue weighted by atomic mass is 10.2. The summed E-state index contributed by atoms with van der Waals surface area (Å²) in [6.45, 7) is 5.87. The highest BCUT2D eigenvalue weighted by Crippen LogP contribution is 2.17. The van der Waals surface area contributed by atoms with Gasteiger partial charge in [0.15, 0.2) is 11.2 Å². The molecule has 6 nitrogen and oxygen atoms in total. The summed E-state index contributed by atoms with van der Waals surface area (Å²) in [7, 11) is 0. The SMILES string of the molecule is C=CCn1c(=O)c2c(ncn2Cc2cccc(F)c2)n(-c2ccccc2C)c1=O. The van der Waals surface area contributed by atoms with Crippen molar-refractivity contribution in [1.82, 2.24) is 18.7 Å². The van der Waals surface area contributed by atoms with Gasteiger partial charge in [-0.1, -0.05) is 36.4 Å². The second-order valence-corrected chi connectivity index (χ2v) is 6.78. The van der Waals surface area contributed by atoms with Gasteiger partial charge in [-0.25, -0.2) is 18.7 Å². The van der Waals surface area contributed by atoms with E-state index in [9.17, 15) is 14.0 Å². The van der Waals surface area contributed by atoms with E-state index in [4.69, 9.17) is 0 Å². The largest absolute Gasteiger partial charge is 0.337 e. The van der Waals surface area contributed by atoms with Crippen LogP contribution in [0, 0.1) is 12.7 Å². The predicted octanol–water partition coefficient (Wildman–Crippen LogP) is 3.03. The third kappa shape index (κ3) is 3.20. The summed E-state index contributed by atoms with van der Waals surface area (Å²) in [5.41, 5.74) is 1.82. The highest BCUT2D eigenvalue weighted by molar-refractivity contribution is 5.73. The van der Waals surface area contributed by atoms with E-state index in [1.54, 1.807) is 16.7 Å². The van der Waals surface area contributed by atoms with Gasteiger partial charge in [-0.05, 0) is 36.2 Å². The lowest BCUT2D eigenvalue weighted by molar-refractivity contribution is 0.623. The zero-order valence-corrected chi connectivity index (χ0v) is 15.9. The van der Waals surface area contributed by atoms with E-state index >= 15 is 0 Å². The molecule has 0 atom stereocenters. The number of fused-ring (bicyclic) bond motifs is 1. The average molecular weight is 390 g/mol. The zero-order valence-electron chi connectivity index (χ0n) is 15.9. The fraction of sp³-hybridized carbons (Fsp3) is 0.136. The first-order chi connectivity index (χ1) is 14.0. The number of aryl methyl sites for hydroxylation is 1. The molecule has 29 heavy (non-hydrogen) atoms. The molecule has 0 aliphatic rings. The first kappa shape index (κ1) is 18.6. The number of nitrogens with zero attached hydrogens (tertiary/aromatic N) is 4. The summed E-state index contributed by atoms with van der Waals surface area (Å²) >= 11 is 0. The Bertz CT molecular complexity index is 1350. The van der Waals surface area contributed by atoms with E-state index in [-0.39, 0.29) is 30.1 Å². The summed E-state index contributed by atoms with van der Waals surface area (Å²) in [6.07, 6.45) is 3.01. The van der Waals surface area contributed by atoms with E-state index in [0.717, 1.165) is 10.1 Å². The minimum Gasteiger partial charge on any atom is -0.320 e. The zero-order chi connectivity index (χ0) is 20.5. The first-order valence-electron chi connectivity index (χ1n) is 9.13. The molecule has 2 aromatic carbocycles. The standard InChI is InChI=1S/C22H19FN4O2/c1-3-11-26-21(28)19-20(27(22(26)29)18-10-5-4-7-15(18)2)24-14-25(19)13-16-8-6-9-17(23)12-16/h3-10,12,14H,1,11,13H2,2H3. The molecule has 4 aromatic rings. The molecule has 0 amide bonds. The summed E-state index contributed by atoms with van der Waals surface area (Å²) < 4.78 is 17.8. The van der Waals surface area contributed by atoms with E-state index in [0.29, 0.717) is 11.3 Å². The van der Waals surface area contributed by atoms with Gasteiger partial charge < -0.3 is 4.57 Å². The molecule has 0 bridgehead atoms. The molecule has 4 rings (SSSR count). The molecular weight excluding hydrogens is 371 g/mol. The predicted molar refractivity (Wildman–Crippen MR) is 110 cm³/mol. The third-order valence-electron chi connectivity index (χ3n) is 4.81. The summed E-state index contributed by atoms with van der Waals surface area (Å²) in [5.74, 6) is -0.354. The molecule has 0 radical (unpaired) electrons. The van der Waals surface area contributed by atoms with Gasteiger partial charge in [0.1, 0.15) is 5.82 Å². The van der Waals surface area contributed by atoms with Crippen LogP contribution in [-0.2, 0) is 13.1 Å². The van der Waals surface area contributed by atoms with Gasteiger partial charge in [-0.3, -0.25) is 9.36 Å². The van der Waals surface area contributed by atoms with Crippen molar-refractivity contribution in [2.75, 3.05) is 0 Å². The monoisotopic (exact) mass is 390 g/mol. The number of aromatic nitrogens is 4. The second-order valence-electron chi connectivity index (χ2n) is 6.78. The summed E-state index contributed by atoms with van der Waals surface area (Å²) in [5, 5.41) is 0. The van der Waals surface area contributed by atoms with Crippen LogP contribution in [0.4, 0.5) is 4.39 Å². The van der Waals surface area contributed by atoms with Crippen LogP contribution in [0.3, 0.4) is 0 Å². The van der Waals surface area contributed by atoms with E-state index in [1.807, 2.05) is 31.2 Å². The van der Waals surface area contributed by atoms with Crippen LogP contribution in [0.1, 0.15) is 11.1 Å². The van der Waals surface area contributed by atoms with Crippen molar-refractivity contribution in [1.29, 1.82) is 0 Å². The van der Waals surface area contributed by atoms with Crippen LogP contribution in [-0.4, -0.2) is 18.7 Å². The van der Waals surface area contributed by atoms with Gasteiger partial charge in [0.25, 0.3) is 5.56 Å². The van der Waals surface area contributed by atoms with Gasteiger partial charge in [-0.2, -0.15) is 0 Å². The van der Waals surface area contributed by atoms with Crippen molar-refractivity contribution in [2.24, 2.45) is 0 Å². The maximum atomic E-state index is 13.6. The van der Waals surface area contributed by atoms with Crippen LogP contribution >= 0.6 is 0 Å². The molecule has 0 saturated heterocycles. The van der Waals surface area contributed by atoms with E-state index in [2.05, 4.69) is 11.6 Å². The molecule has 2 heterocycles. The molecule has 0 saturated carbocycles. The van der Waals surface area contributed by atoms with Crippen LogP contribution in [0.25, 0.3) is 16.9 Å².